The Labute approximate surface area is 117 Å². The lowest BCUT2D eigenvalue weighted by molar-refractivity contribution is -0.151. The number of aliphatic hydroxyl groups is 1. The van der Waals surface area contributed by atoms with Crippen molar-refractivity contribution in [3.63, 3.8) is 0 Å². The fraction of sp³-hybridized carbons (Fsp3) is 0.500. The Morgan fingerprint density at radius 2 is 2.37 bits per heavy atom. The van der Waals surface area contributed by atoms with Gasteiger partial charge in [0, 0.05) is 17.0 Å². The zero-order valence-corrected chi connectivity index (χ0v) is 11.7. The van der Waals surface area contributed by atoms with Gasteiger partial charge in [0.2, 0.25) is 0 Å². The Morgan fingerprint density at radius 1 is 1.63 bits per heavy atom. The van der Waals surface area contributed by atoms with Gasteiger partial charge in [-0.05, 0) is 32.0 Å². The van der Waals surface area contributed by atoms with Crippen molar-refractivity contribution in [2.75, 3.05) is 6.61 Å². The van der Waals surface area contributed by atoms with Crippen LogP contribution in [0.5, 0.6) is 5.75 Å². The van der Waals surface area contributed by atoms with Gasteiger partial charge in [-0.2, -0.15) is 0 Å². The lowest BCUT2D eigenvalue weighted by atomic mass is 9.83. The van der Waals surface area contributed by atoms with Gasteiger partial charge in [0.15, 0.2) is 0 Å². The van der Waals surface area contributed by atoms with Crippen LogP contribution in [0, 0.1) is 0 Å². The lowest BCUT2D eigenvalue weighted by Gasteiger charge is -2.37. The van der Waals surface area contributed by atoms with Crippen LogP contribution in [0.1, 0.15) is 32.3 Å². The van der Waals surface area contributed by atoms with Gasteiger partial charge in [-0.1, -0.05) is 11.6 Å². The molecular weight excluding hydrogens is 268 g/mol. The summed E-state index contributed by atoms with van der Waals surface area (Å²) in [6, 6.07) is 5.05. The smallest absolute Gasteiger partial charge is 0.309 e. The molecule has 0 radical (unpaired) electrons. The molecule has 0 spiro atoms. The van der Waals surface area contributed by atoms with Crippen molar-refractivity contribution in [3.05, 3.63) is 28.8 Å². The summed E-state index contributed by atoms with van der Waals surface area (Å²) in [6.07, 6.45) is 0.0641. The predicted octanol–water partition coefficient (Wildman–Crippen LogP) is 2.65. The fourth-order valence-corrected chi connectivity index (χ4v) is 2.60. The second-order valence-corrected chi connectivity index (χ2v) is 5.22. The normalized spacial score (nSPS) is 25.4. The third kappa shape index (κ3) is 3.01. The summed E-state index contributed by atoms with van der Waals surface area (Å²) in [4.78, 5) is 11.7. The quantitative estimate of drug-likeness (QED) is 0.867. The standard InChI is InChI=1S/C14H17ClO4/c1-3-18-13(16)8-14(17)7-9(2)19-12-5-4-10(15)6-11(12)14/h4-6,9,17H,3,7-8H2,1-2H3/t9-,14-/m1/s1. The van der Waals surface area contributed by atoms with E-state index in [1.165, 1.54) is 0 Å². The maximum absolute atomic E-state index is 11.7. The van der Waals surface area contributed by atoms with Crippen LogP contribution in [0.4, 0.5) is 0 Å². The molecule has 1 aromatic rings. The Balaban J connectivity index is 2.35. The number of esters is 1. The van der Waals surface area contributed by atoms with E-state index in [4.69, 9.17) is 21.1 Å². The SMILES string of the molecule is CCOC(=O)C[C@]1(O)C[C@@H](C)Oc2ccc(Cl)cc21. The average Bonchev–Trinajstić information content (AvgIpc) is 2.30. The molecule has 1 aromatic carbocycles. The second-order valence-electron chi connectivity index (χ2n) is 4.79. The van der Waals surface area contributed by atoms with E-state index in [-0.39, 0.29) is 12.5 Å². The Hall–Kier alpha value is -1.26. The Kier molecular flexibility index (Phi) is 4.02. The second kappa shape index (κ2) is 5.39. The maximum Gasteiger partial charge on any atom is 0.309 e. The van der Waals surface area contributed by atoms with Crippen LogP contribution in [0.15, 0.2) is 18.2 Å². The van der Waals surface area contributed by atoms with Gasteiger partial charge < -0.3 is 14.6 Å². The van der Waals surface area contributed by atoms with Gasteiger partial charge in [-0.15, -0.1) is 0 Å². The Morgan fingerprint density at radius 3 is 3.05 bits per heavy atom. The van der Waals surface area contributed by atoms with E-state index in [0.29, 0.717) is 29.4 Å². The predicted molar refractivity (Wildman–Crippen MR) is 71.3 cm³/mol. The van der Waals surface area contributed by atoms with E-state index >= 15 is 0 Å². The van der Waals surface area contributed by atoms with E-state index in [1.54, 1.807) is 25.1 Å². The number of hydrogen-bond acceptors (Lipinski definition) is 4. The number of benzene rings is 1. The molecule has 0 fully saturated rings. The summed E-state index contributed by atoms with van der Waals surface area (Å²) in [5.74, 6) is 0.139. The van der Waals surface area contributed by atoms with Crippen LogP contribution < -0.4 is 4.74 Å². The van der Waals surface area contributed by atoms with Gasteiger partial charge in [0.25, 0.3) is 0 Å². The summed E-state index contributed by atoms with van der Waals surface area (Å²) in [5, 5.41) is 11.3. The summed E-state index contributed by atoms with van der Waals surface area (Å²) in [5.41, 5.74) is -0.740. The minimum absolute atomic E-state index is 0.0954. The number of fused-ring (bicyclic) bond motifs is 1. The Bertz CT molecular complexity index is 488. The first kappa shape index (κ1) is 14.2. The summed E-state index contributed by atoms with van der Waals surface area (Å²) in [6.45, 7) is 3.89. The molecule has 0 saturated carbocycles. The molecule has 5 heteroatoms. The van der Waals surface area contributed by atoms with Crippen molar-refractivity contribution >= 4 is 17.6 Å². The van der Waals surface area contributed by atoms with Crippen LogP contribution in [0.25, 0.3) is 0 Å². The van der Waals surface area contributed by atoms with Crippen molar-refractivity contribution in [3.8, 4) is 5.75 Å². The van der Waals surface area contributed by atoms with Crippen molar-refractivity contribution in [1.29, 1.82) is 0 Å². The van der Waals surface area contributed by atoms with Crippen LogP contribution in [-0.4, -0.2) is 23.8 Å². The molecule has 0 saturated heterocycles. The number of rotatable bonds is 3. The lowest BCUT2D eigenvalue weighted by Crippen LogP contribution is -2.39. The number of hydrogen-bond donors (Lipinski definition) is 1. The van der Waals surface area contributed by atoms with E-state index in [2.05, 4.69) is 0 Å². The molecule has 2 atom stereocenters. The van der Waals surface area contributed by atoms with Gasteiger partial charge in [0.05, 0.1) is 19.1 Å². The molecule has 0 aliphatic carbocycles. The zero-order chi connectivity index (χ0) is 14.0. The van der Waals surface area contributed by atoms with E-state index in [0.717, 1.165) is 0 Å². The number of halogens is 1. The third-order valence-electron chi connectivity index (χ3n) is 3.14. The molecule has 4 nitrogen and oxygen atoms in total. The first-order chi connectivity index (χ1) is 8.94. The summed E-state index contributed by atoms with van der Waals surface area (Å²) >= 11 is 5.96. The van der Waals surface area contributed by atoms with Crippen LogP contribution in [-0.2, 0) is 15.1 Å². The van der Waals surface area contributed by atoms with Crippen molar-refractivity contribution in [2.45, 2.75) is 38.4 Å². The average molecular weight is 285 g/mol. The number of carbonyl (C=O) groups excluding carboxylic acids is 1. The number of ether oxygens (including phenoxy) is 2. The highest BCUT2D eigenvalue weighted by atomic mass is 35.5. The highest BCUT2D eigenvalue weighted by molar-refractivity contribution is 6.30. The molecule has 1 heterocycles. The van der Waals surface area contributed by atoms with Gasteiger partial charge in [0.1, 0.15) is 11.4 Å². The van der Waals surface area contributed by atoms with E-state index < -0.39 is 11.6 Å². The highest BCUT2D eigenvalue weighted by Crippen LogP contribution is 2.42. The monoisotopic (exact) mass is 284 g/mol. The molecule has 2 rings (SSSR count). The third-order valence-corrected chi connectivity index (χ3v) is 3.37. The molecule has 1 aliphatic heterocycles. The largest absolute Gasteiger partial charge is 0.490 e. The number of carbonyl (C=O) groups is 1. The highest BCUT2D eigenvalue weighted by Gasteiger charge is 2.41. The molecule has 0 amide bonds. The van der Waals surface area contributed by atoms with Gasteiger partial charge in [-0.25, -0.2) is 0 Å². The van der Waals surface area contributed by atoms with Crippen molar-refractivity contribution < 1.29 is 19.4 Å². The fourth-order valence-electron chi connectivity index (χ4n) is 2.43. The van der Waals surface area contributed by atoms with Crippen molar-refractivity contribution in [1.82, 2.24) is 0 Å². The summed E-state index contributed by atoms with van der Waals surface area (Å²) < 4.78 is 10.6. The van der Waals surface area contributed by atoms with Crippen LogP contribution >= 0.6 is 11.6 Å². The van der Waals surface area contributed by atoms with Crippen LogP contribution in [0.2, 0.25) is 5.02 Å². The van der Waals surface area contributed by atoms with E-state index in [1.807, 2.05) is 6.92 Å². The molecule has 0 aromatic heterocycles. The molecule has 104 valence electrons. The maximum atomic E-state index is 11.7. The zero-order valence-electron chi connectivity index (χ0n) is 11.0. The minimum atomic E-state index is -1.29. The molecule has 0 unspecified atom stereocenters. The van der Waals surface area contributed by atoms with E-state index in [9.17, 15) is 9.90 Å². The van der Waals surface area contributed by atoms with Crippen LogP contribution in [0.3, 0.4) is 0 Å². The summed E-state index contributed by atoms with van der Waals surface area (Å²) in [7, 11) is 0. The molecule has 1 N–H and O–H groups in total. The first-order valence-electron chi connectivity index (χ1n) is 6.29. The molecule has 19 heavy (non-hydrogen) atoms. The molecular formula is C14H17ClO4. The minimum Gasteiger partial charge on any atom is -0.490 e. The molecule has 0 bridgehead atoms. The topological polar surface area (TPSA) is 55.8 Å². The van der Waals surface area contributed by atoms with Gasteiger partial charge >= 0.3 is 5.97 Å². The first-order valence-corrected chi connectivity index (χ1v) is 6.67. The van der Waals surface area contributed by atoms with Gasteiger partial charge in [-0.3, -0.25) is 4.79 Å². The molecule has 1 aliphatic rings. The van der Waals surface area contributed by atoms with Crippen molar-refractivity contribution in [2.24, 2.45) is 0 Å².